The van der Waals surface area contributed by atoms with Crippen molar-refractivity contribution >= 4 is 34.4 Å². The number of benzene rings is 3. The lowest BCUT2D eigenvalue weighted by Crippen LogP contribution is -2.37. The van der Waals surface area contributed by atoms with E-state index in [1.165, 1.54) is 0 Å². The van der Waals surface area contributed by atoms with Gasteiger partial charge in [-0.15, -0.1) is 0 Å². The van der Waals surface area contributed by atoms with E-state index in [2.05, 4.69) is 5.32 Å². The Hall–Kier alpha value is -3.45. The fourth-order valence-corrected chi connectivity index (χ4v) is 3.40. The maximum atomic E-state index is 13.1. The monoisotopic (exact) mass is 422 g/mol. The molecule has 0 aliphatic carbocycles. The summed E-state index contributed by atoms with van der Waals surface area (Å²) in [7, 11) is 3.13. The molecule has 1 N–H and O–H groups in total. The van der Waals surface area contributed by atoms with Gasteiger partial charge in [0.25, 0.3) is 5.24 Å². The van der Waals surface area contributed by atoms with Crippen molar-refractivity contribution < 1.29 is 19.1 Å². The average Bonchev–Trinajstić information content (AvgIpc) is 2.76. The molecule has 7 heteroatoms. The molecule has 6 nitrogen and oxygen atoms in total. The molecule has 0 aliphatic heterocycles. The summed E-state index contributed by atoms with van der Waals surface area (Å²) in [5.74, 6) is 1.30. The summed E-state index contributed by atoms with van der Waals surface area (Å²) >= 11 is 0.985. The molecule has 3 rings (SSSR count). The molecule has 0 saturated carbocycles. The van der Waals surface area contributed by atoms with Crippen LogP contribution in [0.5, 0.6) is 11.5 Å². The highest BCUT2D eigenvalue weighted by molar-refractivity contribution is 8.14. The number of urea groups is 1. The lowest BCUT2D eigenvalue weighted by molar-refractivity contribution is 0.250. The second kappa shape index (κ2) is 9.84. The summed E-state index contributed by atoms with van der Waals surface area (Å²) in [5.41, 5.74) is 2.08. The molecule has 0 aliphatic rings. The Morgan fingerprint density at radius 1 is 0.800 bits per heavy atom. The molecule has 0 unspecified atom stereocenters. The maximum absolute atomic E-state index is 13.1. The van der Waals surface area contributed by atoms with Gasteiger partial charge in [-0.3, -0.25) is 4.79 Å². The summed E-state index contributed by atoms with van der Waals surface area (Å²) in [6, 6.07) is 20.6. The van der Waals surface area contributed by atoms with E-state index in [0.29, 0.717) is 22.9 Å². The molecule has 3 aromatic carbocycles. The fraction of sp³-hybridized carbons (Fsp3) is 0.130. The van der Waals surface area contributed by atoms with E-state index < -0.39 is 11.3 Å². The molecule has 0 saturated heterocycles. The van der Waals surface area contributed by atoms with Gasteiger partial charge in [-0.1, -0.05) is 17.7 Å². The Bertz CT molecular complexity index is 1000. The number of thioether (sulfide) groups is 1. The largest absolute Gasteiger partial charge is 0.497 e. The number of imide groups is 1. The zero-order valence-electron chi connectivity index (χ0n) is 16.9. The van der Waals surface area contributed by atoms with Crippen molar-refractivity contribution in [2.45, 2.75) is 11.8 Å². The van der Waals surface area contributed by atoms with Gasteiger partial charge in [0.2, 0.25) is 0 Å². The zero-order valence-corrected chi connectivity index (χ0v) is 17.7. The van der Waals surface area contributed by atoms with Gasteiger partial charge in [0, 0.05) is 10.6 Å². The normalized spacial score (nSPS) is 10.2. The van der Waals surface area contributed by atoms with Crippen molar-refractivity contribution in [2.75, 3.05) is 24.4 Å². The van der Waals surface area contributed by atoms with E-state index >= 15 is 0 Å². The summed E-state index contributed by atoms with van der Waals surface area (Å²) < 4.78 is 10.3. The van der Waals surface area contributed by atoms with Gasteiger partial charge >= 0.3 is 6.03 Å². The van der Waals surface area contributed by atoms with Crippen LogP contribution in [0, 0.1) is 6.92 Å². The van der Waals surface area contributed by atoms with Gasteiger partial charge < -0.3 is 14.8 Å². The molecule has 154 valence electrons. The van der Waals surface area contributed by atoms with Crippen molar-refractivity contribution in [1.29, 1.82) is 0 Å². The van der Waals surface area contributed by atoms with Crippen molar-refractivity contribution in [3.05, 3.63) is 78.4 Å². The summed E-state index contributed by atoms with van der Waals surface area (Å²) in [4.78, 5) is 27.9. The minimum absolute atomic E-state index is 0.421. The third-order valence-corrected chi connectivity index (χ3v) is 5.15. The predicted molar refractivity (Wildman–Crippen MR) is 120 cm³/mol. The van der Waals surface area contributed by atoms with E-state index in [-0.39, 0.29) is 0 Å². The highest BCUT2D eigenvalue weighted by Crippen LogP contribution is 2.28. The van der Waals surface area contributed by atoms with Crippen LogP contribution in [0.4, 0.5) is 21.0 Å². The Labute approximate surface area is 179 Å². The standard InChI is InChI=1S/C23H22N2O4S/c1-16-4-14-21(15-5-16)30-23(27)25(18-8-12-20(29-3)13-9-18)22(26)24-17-6-10-19(28-2)11-7-17/h4-15H,1-3H3,(H,24,26). The Kier molecular flexibility index (Phi) is 6.98. The number of nitrogens with zero attached hydrogens (tertiary/aromatic N) is 1. The lowest BCUT2D eigenvalue weighted by atomic mass is 10.2. The van der Waals surface area contributed by atoms with Gasteiger partial charge in [-0.05, 0) is 79.3 Å². The molecule has 0 aromatic heterocycles. The molecule has 3 aromatic rings. The van der Waals surface area contributed by atoms with Gasteiger partial charge in [0.1, 0.15) is 11.5 Å². The lowest BCUT2D eigenvalue weighted by Gasteiger charge is -2.21. The zero-order chi connectivity index (χ0) is 21.5. The third-order valence-electron chi connectivity index (χ3n) is 4.28. The quantitative estimate of drug-likeness (QED) is 0.514. The minimum atomic E-state index is -0.560. The second-order valence-corrected chi connectivity index (χ2v) is 7.40. The van der Waals surface area contributed by atoms with Gasteiger partial charge in [-0.25, -0.2) is 9.69 Å². The van der Waals surface area contributed by atoms with E-state index in [1.807, 2.05) is 31.2 Å². The highest BCUT2D eigenvalue weighted by Gasteiger charge is 2.25. The summed E-state index contributed by atoms with van der Waals surface area (Å²) in [6.07, 6.45) is 0. The number of rotatable bonds is 5. The van der Waals surface area contributed by atoms with E-state index in [9.17, 15) is 9.59 Å². The Morgan fingerprint density at radius 2 is 1.33 bits per heavy atom. The number of hydrogen-bond donors (Lipinski definition) is 1. The van der Waals surface area contributed by atoms with E-state index in [0.717, 1.165) is 27.1 Å². The number of nitrogens with one attached hydrogen (secondary N) is 1. The van der Waals surface area contributed by atoms with Crippen LogP contribution >= 0.6 is 11.8 Å². The van der Waals surface area contributed by atoms with Gasteiger partial charge in [-0.2, -0.15) is 0 Å². The van der Waals surface area contributed by atoms with Crippen LogP contribution < -0.4 is 19.7 Å². The first-order valence-corrected chi connectivity index (χ1v) is 9.99. The number of carbonyl (C=O) groups excluding carboxylic acids is 2. The molecular formula is C23H22N2O4S. The van der Waals surface area contributed by atoms with Gasteiger partial charge in [0.05, 0.1) is 19.9 Å². The molecular weight excluding hydrogens is 400 g/mol. The van der Waals surface area contributed by atoms with Crippen LogP contribution in [-0.2, 0) is 0 Å². The molecule has 0 radical (unpaired) electrons. The van der Waals surface area contributed by atoms with Crippen molar-refractivity contribution in [1.82, 2.24) is 0 Å². The maximum Gasteiger partial charge on any atom is 0.333 e. The van der Waals surface area contributed by atoms with Crippen molar-refractivity contribution in [2.24, 2.45) is 0 Å². The number of hydrogen-bond acceptors (Lipinski definition) is 5. The van der Waals surface area contributed by atoms with Crippen LogP contribution in [0.25, 0.3) is 0 Å². The first-order valence-electron chi connectivity index (χ1n) is 9.18. The minimum Gasteiger partial charge on any atom is -0.497 e. The number of amides is 3. The smallest absolute Gasteiger partial charge is 0.333 e. The molecule has 0 heterocycles. The van der Waals surface area contributed by atoms with E-state index in [4.69, 9.17) is 9.47 Å². The second-order valence-electron chi connectivity index (χ2n) is 6.37. The average molecular weight is 423 g/mol. The first kappa shape index (κ1) is 21.3. The number of anilines is 2. The Balaban J connectivity index is 1.85. The highest BCUT2D eigenvalue weighted by atomic mass is 32.2. The molecule has 0 bridgehead atoms. The summed E-state index contributed by atoms with van der Waals surface area (Å²) in [6.45, 7) is 1.97. The SMILES string of the molecule is COc1ccc(NC(=O)N(C(=O)Sc2ccc(C)cc2)c2ccc(OC)cc2)cc1. The summed E-state index contributed by atoms with van der Waals surface area (Å²) in [5, 5.41) is 2.34. The number of methoxy groups -OCH3 is 2. The van der Waals surface area contributed by atoms with Crippen molar-refractivity contribution in [3.63, 3.8) is 0 Å². The molecule has 3 amide bonds. The van der Waals surface area contributed by atoms with E-state index in [1.54, 1.807) is 62.8 Å². The predicted octanol–water partition coefficient (Wildman–Crippen LogP) is 5.96. The number of carbonyl (C=O) groups is 2. The molecule has 0 spiro atoms. The first-order chi connectivity index (χ1) is 14.5. The molecule has 0 fully saturated rings. The number of aryl methyl sites for hydroxylation is 1. The van der Waals surface area contributed by atoms with Crippen LogP contribution in [0.2, 0.25) is 0 Å². The van der Waals surface area contributed by atoms with Crippen LogP contribution in [0.3, 0.4) is 0 Å². The van der Waals surface area contributed by atoms with Gasteiger partial charge in [0.15, 0.2) is 0 Å². The van der Waals surface area contributed by atoms with Crippen molar-refractivity contribution in [3.8, 4) is 11.5 Å². The Morgan fingerprint density at radius 3 is 1.87 bits per heavy atom. The topological polar surface area (TPSA) is 67.9 Å². The van der Waals surface area contributed by atoms with Crippen LogP contribution in [0.1, 0.15) is 5.56 Å². The molecule has 0 atom stereocenters. The van der Waals surface area contributed by atoms with Crippen LogP contribution in [-0.4, -0.2) is 25.5 Å². The molecule has 30 heavy (non-hydrogen) atoms. The fourth-order valence-electron chi connectivity index (χ4n) is 2.64. The van der Waals surface area contributed by atoms with Crippen LogP contribution in [0.15, 0.2) is 77.7 Å². The number of ether oxygens (including phenoxy) is 2. The third kappa shape index (κ3) is 5.33.